The number of fused-ring (bicyclic) bond motifs is 3. The first-order valence-corrected chi connectivity index (χ1v) is 10.9. The molecular weight excluding hydrogens is 382 g/mol. The Hall–Kier alpha value is -2.73. The molecule has 6 heteroatoms. The van der Waals surface area contributed by atoms with Gasteiger partial charge in [0.1, 0.15) is 0 Å². The van der Waals surface area contributed by atoms with E-state index in [1.807, 2.05) is 23.1 Å². The molecule has 29 heavy (non-hydrogen) atoms. The average Bonchev–Trinajstić information content (AvgIpc) is 3.20. The average molecular weight is 406 g/mol. The van der Waals surface area contributed by atoms with Crippen molar-refractivity contribution in [1.29, 1.82) is 0 Å². The zero-order valence-corrected chi connectivity index (χ0v) is 17.5. The van der Waals surface area contributed by atoms with Crippen molar-refractivity contribution in [2.75, 3.05) is 31.1 Å². The van der Waals surface area contributed by atoms with E-state index in [9.17, 15) is 4.79 Å². The summed E-state index contributed by atoms with van der Waals surface area (Å²) >= 11 is 1.74. The van der Waals surface area contributed by atoms with E-state index in [4.69, 9.17) is 4.52 Å². The van der Waals surface area contributed by atoms with E-state index < -0.39 is 0 Å². The van der Waals surface area contributed by atoms with Crippen molar-refractivity contribution in [2.45, 2.75) is 24.5 Å². The lowest BCUT2D eigenvalue weighted by molar-refractivity contribution is 0.0735. The second kappa shape index (κ2) is 7.26. The standard InChI is InChI=1S/C23H23N3O2S/c1-15-7-8-16(2)19(13-15)25-9-11-26(12-10-25)23(27)21-18-14-29-20-6-4-3-5-17(20)22(18)28-24-21/h3-8,13H,9-12,14H2,1-2H3. The first kappa shape index (κ1) is 18.3. The van der Waals surface area contributed by atoms with Crippen LogP contribution in [0.2, 0.25) is 0 Å². The number of amides is 1. The molecule has 0 aliphatic carbocycles. The summed E-state index contributed by atoms with van der Waals surface area (Å²) in [6.07, 6.45) is 0. The fourth-order valence-electron chi connectivity index (χ4n) is 4.11. The molecular formula is C23H23N3O2S. The van der Waals surface area contributed by atoms with Gasteiger partial charge in [-0.15, -0.1) is 11.8 Å². The summed E-state index contributed by atoms with van der Waals surface area (Å²) in [5.74, 6) is 1.45. The maximum absolute atomic E-state index is 13.2. The van der Waals surface area contributed by atoms with Gasteiger partial charge in [-0.25, -0.2) is 0 Å². The third-order valence-corrected chi connectivity index (χ3v) is 6.87. The predicted octanol–water partition coefficient (Wildman–Crippen LogP) is 4.53. The predicted molar refractivity (Wildman–Crippen MR) is 116 cm³/mol. The summed E-state index contributed by atoms with van der Waals surface area (Å²) in [7, 11) is 0. The molecule has 0 bridgehead atoms. The number of benzene rings is 2. The van der Waals surface area contributed by atoms with Crippen LogP contribution in [0.5, 0.6) is 0 Å². The van der Waals surface area contributed by atoms with Crippen LogP contribution in [0, 0.1) is 13.8 Å². The maximum Gasteiger partial charge on any atom is 0.276 e. The molecule has 3 heterocycles. The van der Waals surface area contributed by atoms with Gasteiger partial charge in [0, 0.05) is 53.6 Å². The number of aromatic nitrogens is 1. The molecule has 2 aliphatic heterocycles. The fourth-order valence-corrected chi connectivity index (χ4v) is 5.17. The van der Waals surface area contributed by atoms with Crippen molar-refractivity contribution < 1.29 is 9.32 Å². The van der Waals surface area contributed by atoms with Crippen LogP contribution in [0.4, 0.5) is 5.69 Å². The van der Waals surface area contributed by atoms with Crippen LogP contribution in [-0.2, 0) is 5.75 Å². The van der Waals surface area contributed by atoms with Crippen LogP contribution in [-0.4, -0.2) is 42.1 Å². The Kier molecular flexibility index (Phi) is 4.59. The number of aryl methyl sites for hydroxylation is 2. The van der Waals surface area contributed by atoms with E-state index >= 15 is 0 Å². The highest BCUT2D eigenvalue weighted by Gasteiger charge is 2.31. The second-order valence-corrected chi connectivity index (χ2v) is 8.71. The molecule has 2 aromatic carbocycles. The Balaban J connectivity index is 1.34. The zero-order chi connectivity index (χ0) is 20.0. The quantitative estimate of drug-likeness (QED) is 0.627. The molecule has 5 rings (SSSR count). The molecule has 1 aromatic heterocycles. The lowest BCUT2D eigenvalue weighted by atomic mass is 10.1. The molecule has 0 N–H and O–H groups in total. The minimum atomic E-state index is -0.0180. The summed E-state index contributed by atoms with van der Waals surface area (Å²) in [6, 6.07) is 14.7. The van der Waals surface area contributed by atoms with Crippen LogP contribution in [0.1, 0.15) is 27.2 Å². The molecule has 3 aromatic rings. The van der Waals surface area contributed by atoms with Gasteiger partial charge in [-0.1, -0.05) is 29.4 Å². The number of carbonyl (C=O) groups excluding carboxylic acids is 1. The van der Waals surface area contributed by atoms with Gasteiger partial charge in [0.05, 0.1) is 0 Å². The fraction of sp³-hybridized carbons (Fsp3) is 0.304. The van der Waals surface area contributed by atoms with Gasteiger partial charge < -0.3 is 14.3 Å². The van der Waals surface area contributed by atoms with Crippen LogP contribution >= 0.6 is 11.8 Å². The summed E-state index contributed by atoms with van der Waals surface area (Å²) in [4.78, 5) is 18.6. The zero-order valence-electron chi connectivity index (χ0n) is 16.6. The molecule has 1 saturated heterocycles. The summed E-state index contributed by atoms with van der Waals surface area (Å²) < 4.78 is 5.62. The molecule has 0 radical (unpaired) electrons. The molecule has 0 unspecified atom stereocenters. The Morgan fingerprint density at radius 3 is 2.69 bits per heavy atom. The molecule has 5 nitrogen and oxygen atoms in total. The maximum atomic E-state index is 13.2. The lowest BCUT2D eigenvalue weighted by Crippen LogP contribution is -2.49. The number of hydrogen-bond acceptors (Lipinski definition) is 5. The Morgan fingerprint density at radius 2 is 1.86 bits per heavy atom. The molecule has 0 atom stereocenters. The number of nitrogens with zero attached hydrogens (tertiary/aromatic N) is 3. The highest BCUT2D eigenvalue weighted by molar-refractivity contribution is 7.98. The van der Waals surface area contributed by atoms with E-state index in [-0.39, 0.29) is 5.91 Å². The minimum Gasteiger partial charge on any atom is -0.368 e. The first-order chi connectivity index (χ1) is 14.1. The van der Waals surface area contributed by atoms with Crippen molar-refractivity contribution in [3.63, 3.8) is 0 Å². The molecule has 0 spiro atoms. The van der Waals surface area contributed by atoms with Crippen molar-refractivity contribution >= 4 is 23.4 Å². The Bertz CT molecular complexity index is 1080. The van der Waals surface area contributed by atoms with Gasteiger partial charge >= 0.3 is 0 Å². The van der Waals surface area contributed by atoms with E-state index in [1.165, 1.54) is 21.7 Å². The number of piperazine rings is 1. The van der Waals surface area contributed by atoms with E-state index in [0.717, 1.165) is 35.7 Å². The number of carbonyl (C=O) groups is 1. The smallest absolute Gasteiger partial charge is 0.276 e. The van der Waals surface area contributed by atoms with Crippen LogP contribution in [0.3, 0.4) is 0 Å². The van der Waals surface area contributed by atoms with Crippen LogP contribution in [0.25, 0.3) is 11.3 Å². The molecule has 0 saturated carbocycles. The third-order valence-electron chi connectivity index (χ3n) is 5.77. The Labute approximate surface area is 174 Å². The highest BCUT2D eigenvalue weighted by atomic mass is 32.2. The van der Waals surface area contributed by atoms with E-state index in [1.54, 1.807) is 11.8 Å². The van der Waals surface area contributed by atoms with Gasteiger partial charge in [-0.3, -0.25) is 4.79 Å². The number of hydrogen-bond donors (Lipinski definition) is 0. The van der Waals surface area contributed by atoms with E-state index in [0.29, 0.717) is 18.8 Å². The van der Waals surface area contributed by atoms with Gasteiger partial charge in [0.25, 0.3) is 5.91 Å². The summed E-state index contributed by atoms with van der Waals surface area (Å²) in [5, 5.41) is 4.18. The van der Waals surface area contributed by atoms with Crippen molar-refractivity contribution in [3.05, 3.63) is 64.8 Å². The van der Waals surface area contributed by atoms with Gasteiger partial charge in [-0.2, -0.15) is 0 Å². The second-order valence-electron chi connectivity index (χ2n) is 7.69. The van der Waals surface area contributed by atoms with Gasteiger partial charge in [-0.05, 0) is 43.2 Å². The topological polar surface area (TPSA) is 49.6 Å². The van der Waals surface area contributed by atoms with Crippen molar-refractivity contribution in [3.8, 4) is 11.3 Å². The monoisotopic (exact) mass is 405 g/mol. The lowest BCUT2D eigenvalue weighted by Gasteiger charge is -2.36. The van der Waals surface area contributed by atoms with Gasteiger partial charge in [0.2, 0.25) is 0 Å². The number of rotatable bonds is 2. The first-order valence-electron chi connectivity index (χ1n) is 9.94. The summed E-state index contributed by atoms with van der Waals surface area (Å²) in [6.45, 7) is 7.30. The number of anilines is 1. The van der Waals surface area contributed by atoms with Gasteiger partial charge in [0.15, 0.2) is 11.5 Å². The number of thioether (sulfide) groups is 1. The molecule has 1 fully saturated rings. The van der Waals surface area contributed by atoms with Crippen molar-refractivity contribution in [2.24, 2.45) is 0 Å². The SMILES string of the molecule is Cc1ccc(C)c(N2CCN(C(=O)c3noc4c3CSc3ccccc3-4)CC2)c1. The normalized spacial score (nSPS) is 15.8. The summed E-state index contributed by atoms with van der Waals surface area (Å²) in [5.41, 5.74) is 6.24. The minimum absolute atomic E-state index is 0.0180. The van der Waals surface area contributed by atoms with Crippen LogP contribution < -0.4 is 4.90 Å². The Morgan fingerprint density at radius 1 is 1.07 bits per heavy atom. The van der Waals surface area contributed by atoms with Crippen LogP contribution in [0.15, 0.2) is 51.9 Å². The van der Waals surface area contributed by atoms with E-state index in [2.05, 4.69) is 48.2 Å². The molecule has 2 aliphatic rings. The molecule has 148 valence electrons. The highest BCUT2D eigenvalue weighted by Crippen LogP contribution is 2.42. The third kappa shape index (κ3) is 3.21. The molecule has 1 amide bonds. The van der Waals surface area contributed by atoms with Crippen molar-refractivity contribution in [1.82, 2.24) is 10.1 Å². The largest absolute Gasteiger partial charge is 0.368 e.